The van der Waals surface area contributed by atoms with Crippen molar-refractivity contribution in [1.29, 1.82) is 0 Å². The van der Waals surface area contributed by atoms with Crippen molar-refractivity contribution in [2.75, 3.05) is 0 Å². The van der Waals surface area contributed by atoms with Crippen LogP contribution in [0, 0.1) is 53.4 Å². The van der Waals surface area contributed by atoms with Crippen molar-refractivity contribution in [2.24, 2.45) is 11.8 Å². The average molecular weight is 539 g/mol. The molecule has 0 spiro atoms. The first-order valence-electron chi connectivity index (χ1n) is 13.4. The first kappa shape index (κ1) is 33.4. The van der Waals surface area contributed by atoms with Gasteiger partial charge in [-0.1, -0.05) is 72.6 Å². The van der Waals surface area contributed by atoms with Crippen LogP contribution in [-0.2, 0) is 21.7 Å². The minimum Gasteiger partial charge on any atom is -0.199 e. The van der Waals surface area contributed by atoms with E-state index in [9.17, 15) is 0 Å². The second-order valence-electron chi connectivity index (χ2n) is 10.5. The van der Waals surface area contributed by atoms with Crippen LogP contribution in [0.3, 0.4) is 0 Å². The van der Waals surface area contributed by atoms with Crippen LogP contribution < -0.4 is 0 Å². The van der Waals surface area contributed by atoms with Crippen LogP contribution in [0.25, 0.3) is 0 Å². The van der Waals surface area contributed by atoms with Crippen LogP contribution in [0.1, 0.15) is 84.0 Å². The zero-order chi connectivity index (χ0) is 27.5. The molecule has 0 aromatic heterocycles. The molecule has 5 rings (SSSR count). The summed E-state index contributed by atoms with van der Waals surface area (Å²) in [6.45, 7) is 27.8. The summed E-state index contributed by atoms with van der Waals surface area (Å²) in [4.78, 5) is 0. The predicted octanol–water partition coefficient (Wildman–Crippen LogP) is 10.4. The van der Waals surface area contributed by atoms with Gasteiger partial charge in [0.2, 0.25) is 0 Å². The quantitative estimate of drug-likeness (QED) is 0.154. The maximum Gasteiger partial charge on any atom is 4.00 e. The summed E-state index contributed by atoms with van der Waals surface area (Å²) >= 11 is 0. The monoisotopic (exact) mass is 538 g/mol. The molecule has 1 aliphatic carbocycles. The molecule has 0 saturated carbocycles. The van der Waals surface area contributed by atoms with Gasteiger partial charge >= 0.3 is 21.7 Å². The number of rotatable bonds is 0. The Balaban J connectivity index is 0.000000276. The third-order valence-electron chi connectivity index (χ3n) is 8.07. The van der Waals surface area contributed by atoms with E-state index in [0.717, 1.165) is 40.4 Å². The Labute approximate surface area is 249 Å². The number of hydrogen-bond donors (Lipinski definition) is 0. The van der Waals surface area contributed by atoms with Gasteiger partial charge in [-0.25, -0.2) is 0 Å². The van der Waals surface area contributed by atoms with Gasteiger partial charge in [-0.15, -0.1) is 36.4 Å². The molecule has 0 saturated heterocycles. The molecule has 0 heterocycles. The Morgan fingerprint density at radius 1 is 0.553 bits per heavy atom. The van der Waals surface area contributed by atoms with E-state index in [0.29, 0.717) is 0 Å². The minimum absolute atomic E-state index is 0. The molecule has 1 aliphatic rings. The summed E-state index contributed by atoms with van der Waals surface area (Å²) in [5.41, 5.74) is 11.2. The second kappa shape index (κ2) is 16.3. The third kappa shape index (κ3) is 9.26. The van der Waals surface area contributed by atoms with E-state index < -0.39 is 0 Å². The molecule has 38 heavy (non-hydrogen) atoms. The van der Waals surface area contributed by atoms with E-state index in [4.69, 9.17) is 0 Å². The van der Waals surface area contributed by atoms with Crippen molar-refractivity contribution in [3.8, 4) is 0 Å². The van der Waals surface area contributed by atoms with Crippen molar-refractivity contribution < 1.29 is 21.7 Å². The Morgan fingerprint density at radius 2 is 0.868 bits per heavy atom. The fraction of sp³-hybridized carbons (Fsp3) is 0.297. The van der Waals surface area contributed by atoms with Gasteiger partial charge in [0.05, 0.1) is 0 Å². The van der Waals surface area contributed by atoms with Crippen LogP contribution in [0.15, 0.2) is 91.0 Å². The van der Waals surface area contributed by atoms with Crippen LogP contribution in [-0.4, -0.2) is 0 Å². The zero-order valence-corrected chi connectivity index (χ0v) is 26.2. The zero-order valence-electron chi connectivity index (χ0n) is 24.6. The van der Waals surface area contributed by atoms with Crippen LogP contribution in [0.2, 0.25) is 0 Å². The Kier molecular flexibility index (Phi) is 14.3. The summed E-state index contributed by atoms with van der Waals surface area (Å²) in [6, 6.07) is 29.6. The number of hydrogen-bond acceptors (Lipinski definition) is 0. The Hall–Kier alpha value is -2.67. The van der Waals surface area contributed by atoms with Gasteiger partial charge in [-0.2, -0.15) is 102 Å². The molecule has 0 radical (unpaired) electrons. The molecular weight excluding hydrogens is 492 g/mol. The van der Waals surface area contributed by atoms with Crippen LogP contribution in [0.4, 0.5) is 0 Å². The van der Waals surface area contributed by atoms with E-state index in [1.807, 2.05) is 91.0 Å². The molecule has 1 heteroatoms. The molecule has 4 atom stereocenters. The van der Waals surface area contributed by atoms with Gasteiger partial charge in [-0.3, -0.25) is 0 Å². The summed E-state index contributed by atoms with van der Waals surface area (Å²) in [6.07, 6.45) is 0. The van der Waals surface area contributed by atoms with Gasteiger partial charge in [-0.05, 0) is 17.8 Å². The summed E-state index contributed by atoms with van der Waals surface area (Å²) in [5.74, 6) is 3.08. The second-order valence-corrected chi connectivity index (χ2v) is 10.5. The van der Waals surface area contributed by atoms with E-state index in [-0.39, 0.29) is 21.7 Å². The maximum atomic E-state index is 3.72. The fourth-order valence-electron chi connectivity index (χ4n) is 5.13. The summed E-state index contributed by atoms with van der Waals surface area (Å²) < 4.78 is 0. The minimum atomic E-state index is 0. The van der Waals surface area contributed by atoms with E-state index in [1.165, 1.54) is 5.56 Å². The molecule has 198 valence electrons. The fourth-order valence-corrected chi connectivity index (χ4v) is 5.13. The molecule has 0 N–H and O–H groups in total. The van der Waals surface area contributed by atoms with Crippen molar-refractivity contribution in [1.82, 2.24) is 0 Å². The SMILES string of the molecule is Cc1c2c([c-](C)c1C)C(C)C(C)C(C)C2C.[CH2-]c1ccccc1.[CH2-]c1ccccc1.[CH2-]c1ccccc1.[Ti+4]. The smallest absolute Gasteiger partial charge is 0.199 e. The normalized spacial score (nSPS) is 19.0. The van der Waals surface area contributed by atoms with Crippen molar-refractivity contribution in [2.45, 2.75) is 60.3 Å². The van der Waals surface area contributed by atoms with E-state index >= 15 is 0 Å². The van der Waals surface area contributed by atoms with Gasteiger partial charge in [0.25, 0.3) is 0 Å². The number of fused-ring (bicyclic) bond motifs is 1. The van der Waals surface area contributed by atoms with Gasteiger partial charge < -0.3 is 0 Å². The molecule has 4 aromatic carbocycles. The van der Waals surface area contributed by atoms with Crippen molar-refractivity contribution in [3.63, 3.8) is 0 Å². The van der Waals surface area contributed by atoms with E-state index in [2.05, 4.69) is 69.2 Å². The van der Waals surface area contributed by atoms with Crippen LogP contribution in [0.5, 0.6) is 0 Å². The van der Waals surface area contributed by atoms with Crippen LogP contribution >= 0.6 is 0 Å². The third-order valence-corrected chi connectivity index (χ3v) is 8.07. The molecule has 0 fully saturated rings. The first-order valence-corrected chi connectivity index (χ1v) is 13.4. The van der Waals surface area contributed by atoms with Crippen molar-refractivity contribution >= 4 is 0 Å². The van der Waals surface area contributed by atoms with Gasteiger partial charge in [0.1, 0.15) is 0 Å². The van der Waals surface area contributed by atoms with Crippen molar-refractivity contribution in [3.05, 3.63) is 156 Å². The topological polar surface area (TPSA) is 0 Å². The predicted molar refractivity (Wildman–Crippen MR) is 164 cm³/mol. The first-order chi connectivity index (χ1) is 17.6. The van der Waals surface area contributed by atoms with Gasteiger partial charge in [0, 0.05) is 0 Å². The Morgan fingerprint density at radius 3 is 1.16 bits per heavy atom. The molecule has 4 unspecified atom stereocenters. The average Bonchev–Trinajstić information content (AvgIpc) is 3.13. The Bertz CT molecular complexity index is 1050. The molecule has 0 aliphatic heterocycles. The molecule has 0 amide bonds. The summed E-state index contributed by atoms with van der Waals surface area (Å²) in [5, 5.41) is 0. The molecular formula is C37H46Ti. The van der Waals surface area contributed by atoms with Gasteiger partial charge in [0.15, 0.2) is 0 Å². The summed E-state index contributed by atoms with van der Waals surface area (Å²) in [7, 11) is 0. The number of benzene rings is 3. The molecule has 4 aromatic rings. The largest absolute Gasteiger partial charge is 4.00 e. The molecule has 0 bridgehead atoms. The van der Waals surface area contributed by atoms with E-state index in [1.54, 1.807) is 22.3 Å². The standard InChI is InChI=1S/C16H25.3C7H7.Ti/c1-8-9(2)12(5)16-14(7)10(3)13(6)15(16)11(8)4;3*1-7-5-3-2-4-6-7;/h8-9,11-12H,1-7H3;3*2-6H,1H2;/q4*-1;+4. The molecule has 0 nitrogen and oxygen atoms in total. The maximum absolute atomic E-state index is 3.72.